The number of aliphatic imine (C=N–C) groups is 2. The number of furan rings is 1. The Hall–Kier alpha value is -8.34. The van der Waals surface area contributed by atoms with Crippen LogP contribution in [0.15, 0.2) is 239 Å². The highest BCUT2D eigenvalue weighted by Gasteiger charge is 2.21. The lowest BCUT2D eigenvalue weighted by atomic mass is 9.98. The fourth-order valence-electron chi connectivity index (χ4n) is 9.40. The highest BCUT2D eigenvalue weighted by molar-refractivity contribution is 6.23. The fraction of sp³-hybridized carbons (Fsp3) is 0.0333. The second kappa shape index (κ2) is 15.8. The van der Waals surface area contributed by atoms with Gasteiger partial charge in [-0.15, -0.1) is 0 Å². The van der Waals surface area contributed by atoms with E-state index in [1.165, 1.54) is 38.6 Å². The zero-order valence-corrected chi connectivity index (χ0v) is 35.0. The smallest absolute Gasteiger partial charge is 0.160 e. The Morgan fingerprint density at radius 2 is 0.984 bits per heavy atom. The summed E-state index contributed by atoms with van der Waals surface area (Å²) in [6.45, 7) is 0. The number of hydrogen-bond acceptors (Lipinski definition) is 3. The van der Waals surface area contributed by atoms with Crippen LogP contribution in [0.1, 0.15) is 29.5 Å². The van der Waals surface area contributed by atoms with Gasteiger partial charge in [0.1, 0.15) is 11.2 Å². The monoisotopic (exact) mass is 819 g/mol. The summed E-state index contributed by atoms with van der Waals surface area (Å²) in [5.74, 6) is 0.664. The van der Waals surface area contributed by atoms with Crippen LogP contribution in [-0.4, -0.2) is 16.1 Å². The summed E-state index contributed by atoms with van der Waals surface area (Å²) >= 11 is 0. The van der Waals surface area contributed by atoms with E-state index in [0.29, 0.717) is 5.84 Å². The van der Waals surface area contributed by atoms with E-state index in [4.69, 9.17) is 14.4 Å². The first-order valence-corrected chi connectivity index (χ1v) is 21.9. The van der Waals surface area contributed by atoms with Gasteiger partial charge >= 0.3 is 0 Å². The summed E-state index contributed by atoms with van der Waals surface area (Å²) < 4.78 is 9.21. The molecule has 0 amide bonds. The van der Waals surface area contributed by atoms with Crippen molar-refractivity contribution >= 4 is 61.0 Å². The van der Waals surface area contributed by atoms with E-state index in [2.05, 4.69) is 223 Å². The molecule has 0 bridgehead atoms. The normalized spacial score (nSPS) is 15.6. The van der Waals surface area contributed by atoms with Crippen molar-refractivity contribution < 1.29 is 4.42 Å². The summed E-state index contributed by atoms with van der Waals surface area (Å²) in [5.41, 5.74) is 17.0. The van der Waals surface area contributed by atoms with Crippen LogP contribution in [0.4, 0.5) is 0 Å². The maximum atomic E-state index is 6.83. The van der Waals surface area contributed by atoms with Crippen LogP contribution in [0.25, 0.3) is 88.5 Å². The number of allylic oxidation sites excluding steroid dienone is 1. The van der Waals surface area contributed by atoms with Gasteiger partial charge in [-0.2, -0.15) is 0 Å². The van der Waals surface area contributed by atoms with Crippen LogP contribution in [0.2, 0.25) is 0 Å². The number of aromatic nitrogens is 1. The first kappa shape index (κ1) is 37.4. The lowest BCUT2D eigenvalue weighted by Crippen LogP contribution is -2.09. The quantitative estimate of drug-likeness (QED) is 0.158. The van der Waals surface area contributed by atoms with Crippen molar-refractivity contribution in [3.63, 3.8) is 0 Å². The van der Waals surface area contributed by atoms with Crippen LogP contribution in [0, 0.1) is 0 Å². The third-order valence-corrected chi connectivity index (χ3v) is 12.5. The number of hydrogen-bond donors (Lipinski definition) is 0. The largest absolute Gasteiger partial charge is 0.456 e. The van der Waals surface area contributed by atoms with Gasteiger partial charge in [0.25, 0.3) is 0 Å². The number of benzene rings is 9. The molecule has 0 N–H and O–H groups in total. The minimum atomic E-state index is 0.664. The number of rotatable bonds is 7. The van der Waals surface area contributed by atoms with Crippen LogP contribution in [-0.2, 0) is 0 Å². The molecule has 4 nitrogen and oxygen atoms in total. The Kier molecular flexibility index (Phi) is 9.27. The second-order valence-corrected chi connectivity index (χ2v) is 16.4. The van der Waals surface area contributed by atoms with Crippen molar-refractivity contribution in [2.45, 2.75) is 12.8 Å². The molecule has 0 spiro atoms. The molecule has 0 saturated heterocycles. The first-order valence-electron chi connectivity index (χ1n) is 21.9. The second-order valence-electron chi connectivity index (χ2n) is 16.4. The molecule has 0 aliphatic carbocycles. The van der Waals surface area contributed by atoms with E-state index in [-0.39, 0.29) is 0 Å². The lowest BCUT2D eigenvalue weighted by Gasteiger charge is -2.14. The Morgan fingerprint density at radius 1 is 0.391 bits per heavy atom. The molecule has 3 heterocycles. The van der Waals surface area contributed by atoms with Crippen molar-refractivity contribution in [1.82, 2.24) is 4.57 Å². The standard InChI is InChI=1S/C60H41N3O/c1-5-16-40(17-6-1)44-24-13-25-47(36-44)54-28-15-27-53(43-22-11-4-12-23-43)61-60(62-54)51-26-14-29-57-59(51)50-34-32-48(39-58(50)64-57)63-55-35-31-45(41-18-7-2-8-19-41)37-52(55)49-33-30-46(38-56(49)63)42-20-9-3-10-21-42/h1-14,16-27,29-39H,15,28H2/b53-27-,61-60-,62-54+. The van der Waals surface area contributed by atoms with E-state index >= 15 is 0 Å². The van der Waals surface area contributed by atoms with E-state index in [1.54, 1.807) is 0 Å². The summed E-state index contributed by atoms with van der Waals surface area (Å²) in [6, 6.07) is 77.5. The molecule has 1 aliphatic heterocycles. The fourth-order valence-corrected chi connectivity index (χ4v) is 9.40. The molecular formula is C60H41N3O. The van der Waals surface area contributed by atoms with Crippen molar-refractivity contribution in [2.75, 3.05) is 0 Å². The van der Waals surface area contributed by atoms with Crippen LogP contribution in [0.5, 0.6) is 0 Å². The summed E-state index contributed by atoms with van der Waals surface area (Å²) in [4.78, 5) is 10.9. The van der Waals surface area contributed by atoms with E-state index in [0.717, 1.165) is 85.2 Å². The molecule has 64 heavy (non-hydrogen) atoms. The van der Waals surface area contributed by atoms with Crippen molar-refractivity contribution in [3.8, 4) is 39.1 Å². The molecule has 0 unspecified atom stereocenters. The molecule has 9 aromatic carbocycles. The molecule has 302 valence electrons. The molecule has 0 atom stereocenters. The zero-order valence-electron chi connectivity index (χ0n) is 35.0. The average Bonchev–Trinajstić information content (AvgIpc) is 3.90. The third kappa shape index (κ3) is 6.73. The van der Waals surface area contributed by atoms with E-state index in [1.807, 2.05) is 6.07 Å². The highest BCUT2D eigenvalue weighted by Crippen LogP contribution is 2.40. The van der Waals surface area contributed by atoms with Crippen molar-refractivity contribution in [2.24, 2.45) is 9.98 Å². The van der Waals surface area contributed by atoms with Gasteiger partial charge in [-0.05, 0) is 99.8 Å². The van der Waals surface area contributed by atoms with Gasteiger partial charge < -0.3 is 8.98 Å². The van der Waals surface area contributed by atoms with Crippen LogP contribution >= 0.6 is 0 Å². The molecule has 4 heteroatoms. The minimum Gasteiger partial charge on any atom is -0.456 e. The summed E-state index contributed by atoms with van der Waals surface area (Å²) in [7, 11) is 0. The predicted molar refractivity (Wildman–Crippen MR) is 268 cm³/mol. The molecule has 0 radical (unpaired) electrons. The van der Waals surface area contributed by atoms with Gasteiger partial charge in [0.2, 0.25) is 0 Å². The van der Waals surface area contributed by atoms with Gasteiger partial charge in [-0.1, -0.05) is 176 Å². The maximum absolute atomic E-state index is 6.83. The zero-order chi connectivity index (χ0) is 42.4. The van der Waals surface area contributed by atoms with Crippen molar-refractivity contribution in [1.29, 1.82) is 0 Å². The Morgan fingerprint density at radius 3 is 1.70 bits per heavy atom. The van der Waals surface area contributed by atoms with Gasteiger partial charge in [0.05, 0.1) is 22.4 Å². The van der Waals surface area contributed by atoms with E-state index < -0.39 is 0 Å². The van der Waals surface area contributed by atoms with Crippen LogP contribution in [0.3, 0.4) is 0 Å². The van der Waals surface area contributed by atoms with Gasteiger partial charge in [0.15, 0.2) is 5.84 Å². The molecule has 1 aliphatic rings. The molecule has 11 aromatic rings. The third-order valence-electron chi connectivity index (χ3n) is 12.5. The SMILES string of the molecule is C1=C(c2ccccc2)/N=C(c2cccc3oc4cc(-n5c6ccc(-c7ccccc7)cc6c6ccc(-c7ccccc7)cc65)ccc4c23)\N=C(\c2cccc(-c3ccccc3)c2)CC\1. The summed E-state index contributed by atoms with van der Waals surface area (Å²) in [5, 5.41) is 4.42. The van der Waals surface area contributed by atoms with Crippen molar-refractivity contribution in [3.05, 3.63) is 241 Å². The lowest BCUT2D eigenvalue weighted by molar-refractivity contribution is 0.668. The Bertz CT molecular complexity index is 3630. The molecule has 0 saturated carbocycles. The number of amidine groups is 1. The van der Waals surface area contributed by atoms with E-state index in [9.17, 15) is 0 Å². The molecule has 2 aromatic heterocycles. The molecule has 12 rings (SSSR count). The topological polar surface area (TPSA) is 42.8 Å². The highest BCUT2D eigenvalue weighted by atomic mass is 16.3. The van der Waals surface area contributed by atoms with Gasteiger partial charge in [-0.3, -0.25) is 0 Å². The Balaban J connectivity index is 1.03. The van der Waals surface area contributed by atoms with Gasteiger partial charge in [-0.25, -0.2) is 9.98 Å². The van der Waals surface area contributed by atoms with Gasteiger partial charge in [0, 0.05) is 38.9 Å². The number of nitrogens with zero attached hydrogens (tertiary/aromatic N) is 3. The average molecular weight is 820 g/mol. The maximum Gasteiger partial charge on any atom is 0.160 e. The summed E-state index contributed by atoms with van der Waals surface area (Å²) in [6.07, 6.45) is 3.85. The minimum absolute atomic E-state index is 0.664. The first-order chi connectivity index (χ1) is 31.7. The molecular weight excluding hydrogens is 779 g/mol. The predicted octanol–water partition coefficient (Wildman–Crippen LogP) is 15.8. The number of fused-ring (bicyclic) bond motifs is 6. The Labute approximate surface area is 371 Å². The van der Waals surface area contributed by atoms with Crippen LogP contribution < -0.4 is 0 Å². The molecule has 0 fully saturated rings.